The van der Waals surface area contributed by atoms with Crippen molar-refractivity contribution in [2.45, 2.75) is 124 Å². The molecule has 0 atom stereocenters. The number of rotatable bonds is 9. The third-order valence-electron chi connectivity index (χ3n) is 11.2. The molecule has 2 saturated heterocycles. The fraction of sp³-hybridized carbons (Fsp3) is 0.628. The number of pyridine rings is 1. The number of aromatic nitrogens is 1. The maximum atomic E-state index is 4.81. The SMILES string of the molecule is CC(C)c1c(C2CC2)cc(CN2CCCCC2)c2cccnc12.CC/C(CN1CCCCC1)=C1/C=CC(C2CC2)=C(C(C)C)C1=NC. The number of likely N-dealkylation sites (tertiary alicyclic amines) is 2. The molecule has 47 heavy (non-hydrogen) atoms. The van der Waals surface area contributed by atoms with E-state index in [1.165, 1.54) is 129 Å². The number of allylic oxidation sites excluding steroid dienone is 5. The Labute approximate surface area is 286 Å². The minimum Gasteiger partial charge on any atom is -0.299 e. The number of nitrogens with zero attached hydrogens (tertiary/aromatic N) is 4. The van der Waals surface area contributed by atoms with Crippen molar-refractivity contribution in [1.82, 2.24) is 14.8 Å². The van der Waals surface area contributed by atoms with E-state index >= 15 is 0 Å². The van der Waals surface area contributed by atoms with Gasteiger partial charge in [-0.2, -0.15) is 0 Å². The molecule has 2 aromatic rings. The van der Waals surface area contributed by atoms with Crippen LogP contribution in [0.5, 0.6) is 0 Å². The Morgan fingerprint density at radius 2 is 1.51 bits per heavy atom. The lowest BCUT2D eigenvalue weighted by Crippen LogP contribution is -2.32. The largest absolute Gasteiger partial charge is 0.299 e. The minimum absolute atomic E-state index is 0.548. The fourth-order valence-corrected chi connectivity index (χ4v) is 8.47. The maximum Gasteiger partial charge on any atom is 0.0742 e. The van der Waals surface area contributed by atoms with Crippen molar-refractivity contribution in [3.8, 4) is 0 Å². The van der Waals surface area contributed by atoms with Crippen LogP contribution in [0.1, 0.15) is 134 Å². The Hall–Kier alpha value is -2.56. The summed E-state index contributed by atoms with van der Waals surface area (Å²) in [4.78, 5) is 14.9. The summed E-state index contributed by atoms with van der Waals surface area (Å²) in [7, 11) is 1.98. The van der Waals surface area contributed by atoms with Crippen LogP contribution in [0.3, 0.4) is 0 Å². The summed E-state index contributed by atoms with van der Waals surface area (Å²) in [6, 6.07) is 6.92. The highest BCUT2D eigenvalue weighted by Gasteiger charge is 2.33. The van der Waals surface area contributed by atoms with Gasteiger partial charge in [0.1, 0.15) is 0 Å². The molecular weight excluding hydrogens is 573 g/mol. The smallest absolute Gasteiger partial charge is 0.0742 e. The highest BCUT2D eigenvalue weighted by molar-refractivity contribution is 6.16. The van der Waals surface area contributed by atoms with Crippen LogP contribution in [-0.4, -0.2) is 60.3 Å². The number of hydrogen-bond acceptors (Lipinski definition) is 4. The molecule has 4 nitrogen and oxygen atoms in total. The van der Waals surface area contributed by atoms with Gasteiger partial charge in [-0.3, -0.25) is 19.8 Å². The van der Waals surface area contributed by atoms with Crippen molar-refractivity contribution < 1.29 is 0 Å². The van der Waals surface area contributed by atoms with Gasteiger partial charge in [0.2, 0.25) is 0 Å². The predicted molar refractivity (Wildman–Crippen MR) is 202 cm³/mol. The molecule has 0 unspecified atom stereocenters. The van der Waals surface area contributed by atoms with E-state index in [0.717, 1.165) is 31.3 Å². The number of hydrogen-bond donors (Lipinski definition) is 0. The molecule has 0 amide bonds. The van der Waals surface area contributed by atoms with Gasteiger partial charge in [-0.05, 0) is 147 Å². The average molecular weight is 635 g/mol. The Kier molecular flexibility index (Phi) is 11.5. The van der Waals surface area contributed by atoms with E-state index in [2.05, 4.69) is 74.8 Å². The molecule has 0 N–H and O–H groups in total. The molecule has 1 aromatic heterocycles. The van der Waals surface area contributed by atoms with Gasteiger partial charge in [0.15, 0.2) is 0 Å². The second-order valence-electron chi connectivity index (χ2n) is 15.6. The first kappa shape index (κ1) is 34.3. The molecule has 0 spiro atoms. The van der Waals surface area contributed by atoms with Crippen molar-refractivity contribution in [3.05, 3.63) is 75.5 Å². The molecule has 3 heterocycles. The lowest BCUT2D eigenvalue weighted by atomic mass is 9.81. The molecule has 5 aliphatic rings. The molecule has 254 valence electrons. The molecule has 2 saturated carbocycles. The van der Waals surface area contributed by atoms with Crippen molar-refractivity contribution in [3.63, 3.8) is 0 Å². The summed E-state index contributed by atoms with van der Waals surface area (Å²) in [5.41, 5.74) is 13.2. The Balaban J connectivity index is 0.000000164. The van der Waals surface area contributed by atoms with Crippen molar-refractivity contribution in [2.24, 2.45) is 16.8 Å². The first-order chi connectivity index (χ1) is 22.9. The second kappa shape index (κ2) is 15.8. The topological polar surface area (TPSA) is 31.7 Å². The van der Waals surface area contributed by atoms with E-state index in [1.54, 1.807) is 16.7 Å². The van der Waals surface area contributed by atoms with Crippen molar-refractivity contribution in [2.75, 3.05) is 39.8 Å². The van der Waals surface area contributed by atoms with Crippen LogP contribution in [0.15, 0.2) is 63.8 Å². The summed E-state index contributed by atoms with van der Waals surface area (Å²) in [6.07, 6.45) is 21.6. The molecule has 7 rings (SSSR count). The zero-order valence-corrected chi connectivity index (χ0v) is 30.6. The summed E-state index contributed by atoms with van der Waals surface area (Å²) < 4.78 is 0. The van der Waals surface area contributed by atoms with Gasteiger partial charge >= 0.3 is 0 Å². The highest BCUT2D eigenvalue weighted by atomic mass is 15.1. The van der Waals surface area contributed by atoms with Gasteiger partial charge in [0.05, 0.1) is 11.2 Å². The molecule has 4 heteroatoms. The average Bonchev–Trinajstić information content (AvgIpc) is 4.02. The molecular formula is C43H62N4. The van der Waals surface area contributed by atoms with Gasteiger partial charge in [-0.15, -0.1) is 0 Å². The summed E-state index contributed by atoms with van der Waals surface area (Å²) in [5.74, 6) is 2.68. The molecule has 2 aliphatic heterocycles. The van der Waals surface area contributed by atoms with Gasteiger partial charge in [-0.25, -0.2) is 0 Å². The zero-order valence-electron chi connectivity index (χ0n) is 30.6. The standard InChI is InChI=1S/C22H34N2.C21H28N2/c1-5-17(15-24-13-7-6-8-14-24)20-12-11-19(18-9-10-18)21(16(2)3)22(20)23-4;1-15(2)20-19(16-8-9-16)13-17(14-23-11-4-3-5-12-23)18-7-6-10-22-21(18)20/h11-12,16,18H,5-10,13-15H2,1-4H3;6-7,10,13,15-16H,3-5,8-9,11-12,14H2,1-2H3/b20-17+,23-22?;. The quantitative estimate of drug-likeness (QED) is 0.275. The van der Waals surface area contributed by atoms with E-state index in [4.69, 9.17) is 9.98 Å². The van der Waals surface area contributed by atoms with Crippen LogP contribution in [0.2, 0.25) is 0 Å². The van der Waals surface area contributed by atoms with Crippen LogP contribution in [-0.2, 0) is 6.54 Å². The third kappa shape index (κ3) is 8.19. The Bertz CT molecular complexity index is 1500. The summed E-state index contributed by atoms with van der Waals surface area (Å²) in [6.45, 7) is 18.9. The van der Waals surface area contributed by atoms with Crippen LogP contribution < -0.4 is 0 Å². The van der Waals surface area contributed by atoms with E-state index in [9.17, 15) is 0 Å². The second-order valence-corrected chi connectivity index (χ2v) is 15.6. The molecule has 4 fully saturated rings. The number of piperidine rings is 2. The maximum absolute atomic E-state index is 4.81. The zero-order chi connectivity index (χ0) is 32.9. The van der Waals surface area contributed by atoms with Crippen molar-refractivity contribution in [1.29, 1.82) is 0 Å². The monoisotopic (exact) mass is 634 g/mol. The Morgan fingerprint density at radius 1 is 0.851 bits per heavy atom. The molecule has 3 aliphatic carbocycles. The van der Waals surface area contributed by atoms with Gasteiger partial charge < -0.3 is 0 Å². The number of benzene rings is 1. The van der Waals surface area contributed by atoms with Crippen LogP contribution in [0.4, 0.5) is 0 Å². The van der Waals surface area contributed by atoms with E-state index in [-0.39, 0.29) is 0 Å². The van der Waals surface area contributed by atoms with Crippen LogP contribution in [0.25, 0.3) is 10.9 Å². The fourth-order valence-electron chi connectivity index (χ4n) is 8.47. The first-order valence-corrected chi connectivity index (χ1v) is 19.4. The van der Waals surface area contributed by atoms with Gasteiger partial charge in [0.25, 0.3) is 0 Å². The van der Waals surface area contributed by atoms with E-state index in [1.807, 2.05) is 13.2 Å². The lowest BCUT2D eigenvalue weighted by molar-refractivity contribution is 0.221. The Morgan fingerprint density at radius 3 is 2.09 bits per heavy atom. The molecule has 0 radical (unpaired) electrons. The van der Waals surface area contributed by atoms with Crippen molar-refractivity contribution >= 4 is 16.6 Å². The molecule has 1 aromatic carbocycles. The lowest BCUT2D eigenvalue weighted by Gasteiger charge is -2.30. The van der Waals surface area contributed by atoms with Crippen LogP contribution in [0, 0.1) is 11.8 Å². The highest BCUT2D eigenvalue weighted by Crippen LogP contribution is 2.46. The number of aliphatic imine (C=N–C) groups is 1. The third-order valence-corrected chi connectivity index (χ3v) is 11.2. The van der Waals surface area contributed by atoms with E-state index in [0.29, 0.717) is 11.8 Å². The van der Waals surface area contributed by atoms with Crippen LogP contribution >= 0.6 is 0 Å². The van der Waals surface area contributed by atoms with E-state index < -0.39 is 0 Å². The van der Waals surface area contributed by atoms with Gasteiger partial charge in [0, 0.05) is 37.3 Å². The first-order valence-electron chi connectivity index (χ1n) is 19.4. The summed E-state index contributed by atoms with van der Waals surface area (Å²) in [5, 5.41) is 1.38. The van der Waals surface area contributed by atoms with Gasteiger partial charge in [-0.1, -0.05) is 71.7 Å². The predicted octanol–water partition coefficient (Wildman–Crippen LogP) is 10.4. The number of fused-ring (bicyclic) bond motifs is 1. The molecule has 0 bridgehead atoms. The minimum atomic E-state index is 0.548. The summed E-state index contributed by atoms with van der Waals surface area (Å²) >= 11 is 0. The normalized spacial score (nSPS) is 23.2.